The molecule has 1 saturated carbocycles. The number of pyridine rings is 2. The lowest BCUT2D eigenvalue weighted by Gasteiger charge is -2.30. The molecule has 2 aliphatic rings. The zero-order chi connectivity index (χ0) is 24.2. The number of hydrogen-bond donors (Lipinski definition) is 2. The number of anilines is 1. The first-order chi connectivity index (χ1) is 17.7. The van der Waals surface area contributed by atoms with Crippen LogP contribution in [0.3, 0.4) is 0 Å². The first kappa shape index (κ1) is 21.4. The molecule has 5 heterocycles. The van der Waals surface area contributed by atoms with Crippen molar-refractivity contribution >= 4 is 27.8 Å². The predicted molar refractivity (Wildman–Crippen MR) is 144 cm³/mol. The summed E-state index contributed by atoms with van der Waals surface area (Å²) in [5.41, 5.74) is 8.78. The van der Waals surface area contributed by atoms with E-state index in [9.17, 15) is 0 Å². The van der Waals surface area contributed by atoms with Crippen molar-refractivity contribution < 1.29 is 0 Å². The Kier molecular flexibility index (Phi) is 4.99. The smallest absolute Gasteiger partial charge is 0.163 e. The van der Waals surface area contributed by atoms with E-state index in [-0.39, 0.29) is 0 Å². The summed E-state index contributed by atoms with van der Waals surface area (Å²) in [5.74, 6) is 2.34. The fraction of sp³-hybridized carbons (Fsp3) is 0.310. The SMILES string of the molecule is Cc1ccc(C)c(-c2cc3c(-c4nc(N5CCNCC5)c5c(C6CC6)cncc5n4)ccnc3[nH]2)c1. The number of benzene rings is 1. The van der Waals surface area contributed by atoms with Crippen LogP contribution in [0.25, 0.3) is 44.6 Å². The summed E-state index contributed by atoms with van der Waals surface area (Å²) in [7, 11) is 0. The summed E-state index contributed by atoms with van der Waals surface area (Å²) >= 11 is 0. The molecule has 5 aromatic rings. The van der Waals surface area contributed by atoms with E-state index in [4.69, 9.17) is 9.97 Å². The largest absolute Gasteiger partial charge is 0.353 e. The number of hydrogen-bond acceptors (Lipinski definition) is 6. The van der Waals surface area contributed by atoms with Crippen LogP contribution in [0.15, 0.2) is 48.9 Å². The number of fused-ring (bicyclic) bond motifs is 2. The topological polar surface area (TPSA) is 82.6 Å². The van der Waals surface area contributed by atoms with Crippen molar-refractivity contribution in [2.24, 2.45) is 0 Å². The lowest BCUT2D eigenvalue weighted by molar-refractivity contribution is 0.586. The van der Waals surface area contributed by atoms with Crippen LogP contribution in [-0.4, -0.2) is 51.1 Å². The van der Waals surface area contributed by atoms with Gasteiger partial charge in [0.25, 0.3) is 0 Å². The Hall–Kier alpha value is -3.84. The molecule has 1 aliphatic heterocycles. The fourth-order valence-electron chi connectivity index (χ4n) is 5.41. The maximum Gasteiger partial charge on any atom is 0.163 e. The minimum atomic E-state index is 0.578. The Labute approximate surface area is 210 Å². The fourth-order valence-corrected chi connectivity index (χ4v) is 5.41. The van der Waals surface area contributed by atoms with Gasteiger partial charge in [0.2, 0.25) is 0 Å². The van der Waals surface area contributed by atoms with Gasteiger partial charge in [0.1, 0.15) is 11.5 Å². The average Bonchev–Trinajstić information content (AvgIpc) is 3.67. The molecule has 1 aromatic carbocycles. The Morgan fingerprint density at radius 2 is 1.81 bits per heavy atom. The second-order valence-corrected chi connectivity index (χ2v) is 10.1. The Balaban J connectivity index is 1.43. The summed E-state index contributed by atoms with van der Waals surface area (Å²) in [6.45, 7) is 8.06. The highest BCUT2D eigenvalue weighted by Crippen LogP contribution is 2.45. The third kappa shape index (κ3) is 3.62. The standard InChI is InChI=1S/C29H29N7/c1-17-3-4-18(2)21(13-17)24-14-22-20(7-8-32-27(22)33-24)28-34-25-16-31-15-23(19-5-6-19)26(25)29(35-28)36-11-9-30-10-12-36/h3-4,7-8,13-16,19,30H,5-6,9-12H2,1-2H3,(H,32,33). The van der Waals surface area contributed by atoms with Gasteiger partial charge in [0.05, 0.1) is 11.7 Å². The second kappa shape index (κ2) is 8.38. The van der Waals surface area contributed by atoms with Crippen LogP contribution < -0.4 is 10.2 Å². The molecular formula is C29H29N7. The third-order valence-corrected chi connectivity index (χ3v) is 7.51. The highest BCUT2D eigenvalue weighted by atomic mass is 15.2. The van der Waals surface area contributed by atoms with E-state index in [0.29, 0.717) is 5.92 Å². The number of aromatic amines is 1. The number of aryl methyl sites for hydroxylation is 2. The van der Waals surface area contributed by atoms with Gasteiger partial charge in [-0.25, -0.2) is 15.0 Å². The van der Waals surface area contributed by atoms with Crippen molar-refractivity contribution in [3.8, 4) is 22.6 Å². The quantitative estimate of drug-likeness (QED) is 0.375. The highest BCUT2D eigenvalue weighted by molar-refractivity contribution is 5.98. The van der Waals surface area contributed by atoms with Crippen molar-refractivity contribution in [2.75, 3.05) is 31.1 Å². The van der Waals surface area contributed by atoms with Gasteiger partial charge in [0.15, 0.2) is 5.82 Å². The summed E-state index contributed by atoms with van der Waals surface area (Å²) in [4.78, 5) is 25.5. The third-order valence-electron chi connectivity index (χ3n) is 7.51. The van der Waals surface area contributed by atoms with Crippen molar-refractivity contribution in [2.45, 2.75) is 32.6 Å². The van der Waals surface area contributed by atoms with Gasteiger partial charge in [-0.2, -0.15) is 0 Å². The van der Waals surface area contributed by atoms with Crippen molar-refractivity contribution in [1.82, 2.24) is 30.2 Å². The summed E-state index contributed by atoms with van der Waals surface area (Å²) in [5, 5.41) is 5.68. The summed E-state index contributed by atoms with van der Waals surface area (Å²) in [6, 6.07) is 10.8. The summed E-state index contributed by atoms with van der Waals surface area (Å²) < 4.78 is 0. The monoisotopic (exact) mass is 475 g/mol. The van der Waals surface area contributed by atoms with Gasteiger partial charge in [-0.3, -0.25) is 4.98 Å². The molecule has 180 valence electrons. The van der Waals surface area contributed by atoms with Crippen LogP contribution in [0.5, 0.6) is 0 Å². The van der Waals surface area contributed by atoms with Crippen LogP contribution in [0.1, 0.15) is 35.4 Å². The van der Waals surface area contributed by atoms with Gasteiger partial charge in [-0.05, 0) is 61.9 Å². The van der Waals surface area contributed by atoms with Crippen molar-refractivity contribution in [3.05, 3.63) is 65.6 Å². The minimum Gasteiger partial charge on any atom is -0.353 e. The number of piperazine rings is 1. The molecule has 0 atom stereocenters. The van der Waals surface area contributed by atoms with Gasteiger partial charge in [-0.15, -0.1) is 0 Å². The molecule has 1 saturated heterocycles. The molecular weight excluding hydrogens is 446 g/mol. The lowest BCUT2D eigenvalue weighted by Crippen LogP contribution is -2.44. The van der Waals surface area contributed by atoms with Crippen LogP contribution in [0.4, 0.5) is 5.82 Å². The molecule has 0 unspecified atom stereocenters. The Morgan fingerprint density at radius 1 is 0.944 bits per heavy atom. The molecule has 1 aliphatic carbocycles. The molecule has 2 fully saturated rings. The minimum absolute atomic E-state index is 0.578. The van der Waals surface area contributed by atoms with E-state index in [1.165, 1.54) is 40.5 Å². The van der Waals surface area contributed by atoms with Crippen molar-refractivity contribution in [1.29, 1.82) is 0 Å². The van der Waals surface area contributed by atoms with E-state index >= 15 is 0 Å². The van der Waals surface area contributed by atoms with E-state index < -0.39 is 0 Å². The van der Waals surface area contributed by atoms with E-state index in [1.54, 1.807) is 0 Å². The van der Waals surface area contributed by atoms with E-state index in [0.717, 1.165) is 65.6 Å². The maximum atomic E-state index is 5.25. The normalized spacial score (nSPS) is 16.2. The maximum absolute atomic E-state index is 5.25. The highest BCUT2D eigenvalue weighted by Gasteiger charge is 2.29. The molecule has 0 radical (unpaired) electrons. The van der Waals surface area contributed by atoms with Gasteiger partial charge < -0.3 is 15.2 Å². The molecule has 7 nitrogen and oxygen atoms in total. The van der Waals surface area contributed by atoms with E-state index in [1.807, 2.05) is 24.7 Å². The van der Waals surface area contributed by atoms with Gasteiger partial charge >= 0.3 is 0 Å². The molecule has 0 amide bonds. The molecule has 0 bridgehead atoms. The molecule has 7 rings (SSSR count). The molecule has 4 aromatic heterocycles. The van der Waals surface area contributed by atoms with Crippen LogP contribution >= 0.6 is 0 Å². The number of aromatic nitrogens is 5. The predicted octanol–water partition coefficient (Wildman–Crippen LogP) is 5.14. The zero-order valence-corrected chi connectivity index (χ0v) is 20.7. The van der Waals surface area contributed by atoms with Gasteiger partial charge in [0, 0.05) is 66.2 Å². The lowest BCUT2D eigenvalue weighted by atomic mass is 10.0. The van der Waals surface area contributed by atoms with E-state index in [2.05, 4.69) is 63.3 Å². The Bertz CT molecular complexity index is 1610. The van der Waals surface area contributed by atoms with Crippen molar-refractivity contribution in [3.63, 3.8) is 0 Å². The Morgan fingerprint density at radius 3 is 2.64 bits per heavy atom. The molecule has 36 heavy (non-hydrogen) atoms. The summed E-state index contributed by atoms with van der Waals surface area (Å²) in [6.07, 6.45) is 8.22. The first-order valence-corrected chi connectivity index (χ1v) is 12.8. The zero-order valence-electron chi connectivity index (χ0n) is 20.7. The number of nitrogens with one attached hydrogen (secondary N) is 2. The van der Waals surface area contributed by atoms with Gasteiger partial charge in [-0.1, -0.05) is 17.7 Å². The molecule has 0 spiro atoms. The number of nitrogens with zero attached hydrogens (tertiary/aromatic N) is 5. The van der Waals surface area contributed by atoms with Crippen LogP contribution in [-0.2, 0) is 0 Å². The second-order valence-electron chi connectivity index (χ2n) is 10.1. The first-order valence-electron chi connectivity index (χ1n) is 12.8. The number of rotatable bonds is 4. The average molecular weight is 476 g/mol. The number of H-pyrrole nitrogens is 1. The van der Waals surface area contributed by atoms with Crippen LogP contribution in [0.2, 0.25) is 0 Å². The van der Waals surface area contributed by atoms with Crippen LogP contribution in [0, 0.1) is 13.8 Å². The molecule has 7 heteroatoms. The molecule has 2 N–H and O–H groups in total.